The summed E-state index contributed by atoms with van der Waals surface area (Å²) in [6.45, 7) is 0. The highest BCUT2D eigenvalue weighted by Gasteiger charge is 2.42. The van der Waals surface area contributed by atoms with Crippen LogP contribution in [0.15, 0.2) is 91.3 Å². The second-order valence-corrected chi connectivity index (χ2v) is 8.39. The minimum absolute atomic E-state index is 0.218. The lowest BCUT2D eigenvalue weighted by atomic mass is 10.0. The lowest BCUT2D eigenvalue weighted by Gasteiger charge is -2.29. The lowest BCUT2D eigenvalue weighted by molar-refractivity contribution is 0.0600. The monoisotopic (exact) mass is 484 g/mol. The van der Waals surface area contributed by atoms with Crippen molar-refractivity contribution < 1.29 is 14.3 Å². The Balaban J connectivity index is 1.67. The summed E-state index contributed by atoms with van der Waals surface area (Å²) in [5, 5.41) is 4.06. The minimum atomic E-state index is -0.395. The van der Waals surface area contributed by atoms with Crippen LogP contribution in [0.2, 0.25) is 0 Å². The summed E-state index contributed by atoms with van der Waals surface area (Å²) < 4.78 is 12.4. The molecule has 1 fully saturated rings. The molecule has 8 heteroatoms. The molecule has 35 heavy (non-hydrogen) atoms. The number of nitrogens with one attached hydrogen (secondary N) is 1. The van der Waals surface area contributed by atoms with E-state index in [2.05, 4.69) is 15.2 Å². The van der Waals surface area contributed by atoms with Gasteiger partial charge in [-0.2, -0.15) is 0 Å². The number of methoxy groups -OCH3 is 2. The number of rotatable bonds is 6. The Labute approximate surface area is 208 Å². The molecule has 0 saturated carbocycles. The highest BCUT2D eigenvalue weighted by Crippen LogP contribution is 2.42. The van der Waals surface area contributed by atoms with Crippen LogP contribution in [0.25, 0.3) is 5.69 Å². The Bertz CT molecular complexity index is 1350. The molecular weight excluding hydrogens is 460 g/mol. The molecule has 0 unspecified atom stereocenters. The van der Waals surface area contributed by atoms with Gasteiger partial charge in [0.05, 0.1) is 37.2 Å². The highest BCUT2D eigenvalue weighted by atomic mass is 32.1. The maximum absolute atomic E-state index is 12.5. The number of ether oxygens (including phenoxy) is 2. The first-order chi connectivity index (χ1) is 17.1. The molecule has 3 heterocycles. The van der Waals surface area contributed by atoms with E-state index in [0.29, 0.717) is 10.7 Å². The fourth-order valence-electron chi connectivity index (χ4n) is 4.50. The highest BCUT2D eigenvalue weighted by molar-refractivity contribution is 7.80. The Morgan fingerprint density at radius 3 is 2.46 bits per heavy atom. The largest absolute Gasteiger partial charge is 0.497 e. The number of carbonyl (C=O) groups excluding carboxylic acids is 1. The van der Waals surface area contributed by atoms with Crippen molar-refractivity contribution in [3.05, 3.63) is 108 Å². The average molecular weight is 485 g/mol. The summed E-state index contributed by atoms with van der Waals surface area (Å²) in [6.07, 6.45) is 3.72. The van der Waals surface area contributed by atoms with Crippen LogP contribution in [0, 0.1) is 0 Å². The van der Waals surface area contributed by atoms with Crippen LogP contribution in [-0.2, 0) is 4.74 Å². The van der Waals surface area contributed by atoms with Crippen LogP contribution < -0.4 is 15.0 Å². The zero-order chi connectivity index (χ0) is 24.4. The first-order valence-corrected chi connectivity index (χ1v) is 11.5. The average Bonchev–Trinajstić information content (AvgIpc) is 3.53. The van der Waals surface area contributed by atoms with Gasteiger partial charge in [0.15, 0.2) is 5.11 Å². The number of thiocarbonyl (C=S) groups is 1. The number of pyridine rings is 1. The molecule has 4 aromatic rings. The number of benzene rings is 2. The van der Waals surface area contributed by atoms with Gasteiger partial charge in [0.25, 0.3) is 0 Å². The van der Waals surface area contributed by atoms with Crippen molar-refractivity contribution >= 4 is 29.0 Å². The number of para-hydroxylation sites is 1. The van der Waals surface area contributed by atoms with Crippen LogP contribution >= 0.6 is 12.2 Å². The third kappa shape index (κ3) is 4.13. The molecule has 1 aliphatic rings. The Kier molecular flexibility index (Phi) is 6.20. The predicted molar refractivity (Wildman–Crippen MR) is 138 cm³/mol. The van der Waals surface area contributed by atoms with Crippen molar-refractivity contribution in [2.24, 2.45) is 0 Å². The van der Waals surface area contributed by atoms with Crippen molar-refractivity contribution in [1.82, 2.24) is 14.9 Å². The fourth-order valence-corrected chi connectivity index (χ4v) is 4.84. The molecule has 2 aromatic heterocycles. The molecular formula is C27H24N4O3S. The van der Waals surface area contributed by atoms with Gasteiger partial charge in [-0.3, -0.25) is 4.98 Å². The second kappa shape index (κ2) is 9.60. The number of hydrogen-bond donors (Lipinski definition) is 1. The van der Waals surface area contributed by atoms with E-state index in [9.17, 15) is 4.79 Å². The van der Waals surface area contributed by atoms with E-state index in [1.165, 1.54) is 7.11 Å². The van der Waals surface area contributed by atoms with E-state index in [4.69, 9.17) is 21.7 Å². The summed E-state index contributed by atoms with van der Waals surface area (Å²) in [5.41, 5.74) is 3.93. The zero-order valence-electron chi connectivity index (χ0n) is 19.3. The Morgan fingerprint density at radius 2 is 1.74 bits per heavy atom. The van der Waals surface area contributed by atoms with Crippen LogP contribution in [0.1, 0.15) is 33.8 Å². The van der Waals surface area contributed by atoms with Crippen LogP contribution in [0.3, 0.4) is 0 Å². The maximum atomic E-state index is 12.5. The summed E-state index contributed by atoms with van der Waals surface area (Å²) >= 11 is 5.83. The third-order valence-electron chi connectivity index (χ3n) is 6.10. The van der Waals surface area contributed by atoms with Crippen LogP contribution in [-0.4, -0.2) is 34.9 Å². The van der Waals surface area contributed by atoms with Gasteiger partial charge >= 0.3 is 5.97 Å². The Hall–Kier alpha value is -4.17. The fraction of sp³-hybridized carbons (Fsp3) is 0.148. The summed E-state index contributed by atoms with van der Waals surface area (Å²) in [5.74, 6) is 0.369. The van der Waals surface area contributed by atoms with Gasteiger partial charge in [0.1, 0.15) is 11.8 Å². The van der Waals surface area contributed by atoms with E-state index < -0.39 is 5.97 Å². The topological polar surface area (TPSA) is 68.6 Å². The molecule has 7 nitrogen and oxygen atoms in total. The number of hydrogen-bond acceptors (Lipinski definition) is 5. The predicted octanol–water partition coefficient (Wildman–Crippen LogP) is 4.84. The van der Waals surface area contributed by atoms with Crippen LogP contribution in [0.4, 0.5) is 5.69 Å². The molecule has 1 saturated heterocycles. The van der Waals surface area contributed by atoms with Gasteiger partial charge in [-0.1, -0.05) is 18.2 Å². The van der Waals surface area contributed by atoms with E-state index in [1.54, 1.807) is 19.4 Å². The molecule has 2 atom stereocenters. The van der Waals surface area contributed by atoms with E-state index in [0.717, 1.165) is 28.5 Å². The molecule has 0 bridgehead atoms. The number of nitrogens with zero attached hydrogens (tertiary/aromatic N) is 3. The number of aromatic nitrogens is 2. The standard InChI is InChI=1S/C27H24N4O3S/c1-33-19-14-12-18(13-15-19)31-25(24(29-27(31)35)21-9-5-6-16-28-21)23-11-7-17-30(23)22-10-4-3-8-20(22)26(32)34-2/h3-17,24-25H,1-2H3,(H,29,35)/t24-,25+/m1/s1. The van der Waals surface area contributed by atoms with Gasteiger partial charge < -0.3 is 24.3 Å². The lowest BCUT2D eigenvalue weighted by Crippen LogP contribution is -2.30. The van der Waals surface area contributed by atoms with Gasteiger partial charge in [-0.15, -0.1) is 0 Å². The molecule has 176 valence electrons. The molecule has 1 aliphatic heterocycles. The first kappa shape index (κ1) is 22.6. The van der Waals surface area contributed by atoms with Crippen molar-refractivity contribution in [1.29, 1.82) is 0 Å². The number of carbonyl (C=O) groups is 1. The van der Waals surface area contributed by atoms with Crippen molar-refractivity contribution in [3.63, 3.8) is 0 Å². The zero-order valence-corrected chi connectivity index (χ0v) is 20.1. The van der Waals surface area contributed by atoms with Crippen molar-refractivity contribution in [2.75, 3.05) is 19.1 Å². The minimum Gasteiger partial charge on any atom is -0.497 e. The normalized spacial score (nSPS) is 17.2. The van der Waals surface area contributed by atoms with Crippen molar-refractivity contribution in [2.45, 2.75) is 12.1 Å². The molecule has 5 rings (SSSR count). The summed E-state index contributed by atoms with van der Waals surface area (Å²) in [4.78, 5) is 19.2. The second-order valence-electron chi connectivity index (χ2n) is 8.01. The van der Waals surface area contributed by atoms with Crippen molar-refractivity contribution in [3.8, 4) is 11.4 Å². The molecule has 0 aliphatic carbocycles. The quantitative estimate of drug-likeness (QED) is 0.310. The SMILES string of the molecule is COC(=O)c1ccccc1-n1cccc1[C@H]1[C@@H](c2ccccn2)NC(=S)N1c1ccc(OC)cc1. The number of anilines is 1. The van der Waals surface area contributed by atoms with E-state index in [-0.39, 0.29) is 12.1 Å². The molecule has 2 aromatic carbocycles. The van der Waals surface area contributed by atoms with E-state index >= 15 is 0 Å². The Morgan fingerprint density at radius 1 is 0.971 bits per heavy atom. The molecule has 1 N–H and O–H groups in total. The molecule has 0 radical (unpaired) electrons. The van der Waals surface area contributed by atoms with Crippen LogP contribution in [0.5, 0.6) is 5.75 Å². The summed E-state index contributed by atoms with van der Waals surface area (Å²) in [6, 6.07) is 24.6. The van der Waals surface area contributed by atoms with E-state index in [1.807, 2.05) is 83.6 Å². The smallest absolute Gasteiger partial charge is 0.339 e. The van der Waals surface area contributed by atoms with Gasteiger partial charge in [0, 0.05) is 23.8 Å². The molecule has 0 amide bonds. The number of esters is 1. The maximum Gasteiger partial charge on any atom is 0.339 e. The van der Waals surface area contributed by atoms with Gasteiger partial charge in [0.2, 0.25) is 0 Å². The third-order valence-corrected chi connectivity index (χ3v) is 6.42. The molecule has 0 spiro atoms. The van der Waals surface area contributed by atoms with Gasteiger partial charge in [-0.25, -0.2) is 4.79 Å². The summed E-state index contributed by atoms with van der Waals surface area (Å²) in [7, 11) is 3.03. The first-order valence-electron chi connectivity index (χ1n) is 11.1. The van der Waals surface area contributed by atoms with Gasteiger partial charge in [-0.05, 0) is 72.9 Å².